The van der Waals surface area contributed by atoms with Gasteiger partial charge in [-0.2, -0.15) is 0 Å². The lowest BCUT2D eigenvalue weighted by molar-refractivity contribution is -0.116. The SMILES string of the molecule is O=C(CCc1ccc(-c2nc(-c3ccccc3)c(-c3ccccc3)s2)cc1)Nc1cnccn1. The fourth-order valence-electron chi connectivity index (χ4n) is 3.66. The number of rotatable bonds is 7. The first-order valence-corrected chi connectivity index (χ1v) is 11.8. The second kappa shape index (κ2) is 10.2. The molecule has 0 bridgehead atoms. The highest BCUT2D eigenvalue weighted by Crippen LogP contribution is 2.40. The number of hydrogen-bond donors (Lipinski definition) is 1. The van der Waals surface area contributed by atoms with Crippen LogP contribution in [0, 0.1) is 0 Å². The number of aryl methyl sites for hydroxylation is 1. The Bertz CT molecular complexity index is 1310. The van der Waals surface area contributed by atoms with Gasteiger partial charge in [0.2, 0.25) is 5.91 Å². The molecule has 0 atom stereocenters. The number of hydrogen-bond acceptors (Lipinski definition) is 5. The van der Waals surface area contributed by atoms with Crippen LogP contribution in [0.15, 0.2) is 104 Å². The molecule has 5 nitrogen and oxygen atoms in total. The van der Waals surface area contributed by atoms with Gasteiger partial charge >= 0.3 is 0 Å². The average Bonchev–Trinajstić information content (AvgIpc) is 3.35. The van der Waals surface area contributed by atoms with Crippen molar-refractivity contribution in [3.63, 3.8) is 0 Å². The Kier molecular flexibility index (Phi) is 6.49. The summed E-state index contributed by atoms with van der Waals surface area (Å²) < 4.78 is 0. The molecule has 0 fully saturated rings. The van der Waals surface area contributed by atoms with Gasteiger partial charge in [-0.1, -0.05) is 84.9 Å². The maximum absolute atomic E-state index is 12.2. The van der Waals surface area contributed by atoms with Crippen LogP contribution >= 0.6 is 11.3 Å². The fourth-order valence-corrected chi connectivity index (χ4v) is 4.76. The van der Waals surface area contributed by atoms with E-state index in [1.165, 1.54) is 6.20 Å². The first-order chi connectivity index (χ1) is 16.8. The number of thiazole rings is 1. The molecule has 6 heteroatoms. The molecule has 0 saturated heterocycles. The van der Waals surface area contributed by atoms with Crippen LogP contribution in [0.5, 0.6) is 0 Å². The Balaban J connectivity index is 1.34. The summed E-state index contributed by atoms with van der Waals surface area (Å²) >= 11 is 1.70. The molecule has 0 aliphatic rings. The zero-order chi connectivity index (χ0) is 23.2. The summed E-state index contributed by atoms with van der Waals surface area (Å²) in [6.07, 6.45) is 5.69. The molecule has 2 heterocycles. The number of carbonyl (C=O) groups is 1. The van der Waals surface area contributed by atoms with Gasteiger partial charge in [0.1, 0.15) is 5.01 Å². The molecule has 2 aromatic heterocycles. The Hall–Kier alpha value is -4.16. The summed E-state index contributed by atoms with van der Waals surface area (Å²) in [5.74, 6) is 0.388. The summed E-state index contributed by atoms with van der Waals surface area (Å²) in [6.45, 7) is 0. The molecule has 3 aromatic carbocycles. The van der Waals surface area contributed by atoms with Crippen molar-refractivity contribution in [2.24, 2.45) is 0 Å². The Labute approximate surface area is 202 Å². The van der Waals surface area contributed by atoms with Gasteiger partial charge in [-0.25, -0.2) is 9.97 Å². The van der Waals surface area contributed by atoms with Gasteiger partial charge in [-0.15, -0.1) is 11.3 Å². The highest BCUT2D eigenvalue weighted by molar-refractivity contribution is 7.19. The van der Waals surface area contributed by atoms with Gasteiger partial charge in [0, 0.05) is 29.9 Å². The molecular formula is C28H22N4OS. The van der Waals surface area contributed by atoms with Crippen molar-refractivity contribution in [3.8, 4) is 32.3 Å². The quantitative estimate of drug-likeness (QED) is 0.300. The lowest BCUT2D eigenvalue weighted by atomic mass is 10.1. The molecule has 0 aliphatic carbocycles. The number of aromatic nitrogens is 3. The molecule has 5 aromatic rings. The van der Waals surface area contributed by atoms with Crippen LogP contribution in [0.1, 0.15) is 12.0 Å². The van der Waals surface area contributed by atoms with Crippen molar-refractivity contribution in [2.45, 2.75) is 12.8 Å². The lowest BCUT2D eigenvalue weighted by Crippen LogP contribution is -2.13. The number of anilines is 1. The highest BCUT2D eigenvalue weighted by Gasteiger charge is 2.16. The third-order valence-corrected chi connectivity index (χ3v) is 6.54. The molecule has 1 amide bonds. The van der Waals surface area contributed by atoms with Crippen molar-refractivity contribution >= 4 is 23.1 Å². The molecule has 0 aliphatic heterocycles. The summed E-state index contributed by atoms with van der Waals surface area (Å²) in [4.78, 5) is 26.4. The van der Waals surface area contributed by atoms with Crippen LogP contribution in [0.25, 0.3) is 32.3 Å². The third kappa shape index (κ3) is 5.08. The summed E-state index contributed by atoms with van der Waals surface area (Å²) in [5, 5.41) is 3.75. The molecule has 1 N–H and O–H groups in total. The van der Waals surface area contributed by atoms with Gasteiger partial charge in [-0.05, 0) is 17.5 Å². The smallest absolute Gasteiger partial charge is 0.225 e. The molecule has 5 rings (SSSR count). The average molecular weight is 463 g/mol. The standard InChI is InChI=1S/C28H22N4OS/c33-25(31-24-19-29-17-18-30-24)16-13-20-11-14-23(15-12-20)28-32-26(21-7-3-1-4-8-21)27(34-28)22-9-5-2-6-10-22/h1-12,14-15,17-19H,13,16H2,(H,30,31,33). The molecular weight excluding hydrogens is 440 g/mol. The van der Waals surface area contributed by atoms with E-state index in [4.69, 9.17) is 4.98 Å². The number of benzene rings is 3. The third-order valence-electron chi connectivity index (χ3n) is 5.38. The van der Waals surface area contributed by atoms with Crippen molar-refractivity contribution in [1.29, 1.82) is 0 Å². The van der Waals surface area contributed by atoms with Gasteiger partial charge in [0.25, 0.3) is 0 Å². The minimum atomic E-state index is -0.0792. The van der Waals surface area contributed by atoms with Crippen LogP contribution in [-0.2, 0) is 11.2 Å². The van der Waals surface area contributed by atoms with Crippen LogP contribution in [-0.4, -0.2) is 20.9 Å². The predicted octanol–water partition coefficient (Wildman–Crippen LogP) is 6.51. The van der Waals surface area contributed by atoms with E-state index in [0.29, 0.717) is 18.7 Å². The van der Waals surface area contributed by atoms with Crippen molar-refractivity contribution in [1.82, 2.24) is 15.0 Å². The fraction of sp³-hybridized carbons (Fsp3) is 0.0714. The summed E-state index contributed by atoms with van der Waals surface area (Å²) in [6, 6.07) is 29.0. The van der Waals surface area contributed by atoms with Crippen LogP contribution in [0.4, 0.5) is 5.82 Å². The normalized spacial score (nSPS) is 10.7. The van der Waals surface area contributed by atoms with E-state index in [9.17, 15) is 4.79 Å². The minimum absolute atomic E-state index is 0.0792. The van der Waals surface area contributed by atoms with E-state index >= 15 is 0 Å². The first-order valence-electron chi connectivity index (χ1n) is 11.0. The number of carbonyl (C=O) groups excluding carboxylic acids is 1. The molecule has 0 spiro atoms. The predicted molar refractivity (Wildman–Crippen MR) is 137 cm³/mol. The Morgan fingerprint density at radius 3 is 2.18 bits per heavy atom. The Morgan fingerprint density at radius 2 is 1.50 bits per heavy atom. The van der Waals surface area contributed by atoms with Crippen molar-refractivity contribution in [2.75, 3.05) is 5.32 Å². The molecule has 0 radical (unpaired) electrons. The zero-order valence-electron chi connectivity index (χ0n) is 18.4. The first kappa shape index (κ1) is 21.7. The molecule has 0 unspecified atom stereocenters. The van der Waals surface area contributed by atoms with E-state index in [1.807, 2.05) is 24.3 Å². The van der Waals surface area contributed by atoms with E-state index in [0.717, 1.165) is 37.8 Å². The van der Waals surface area contributed by atoms with Crippen LogP contribution in [0.2, 0.25) is 0 Å². The topological polar surface area (TPSA) is 67.8 Å². The van der Waals surface area contributed by atoms with E-state index in [2.05, 4.69) is 75.9 Å². The minimum Gasteiger partial charge on any atom is -0.309 e. The number of amides is 1. The van der Waals surface area contributed by atoms with Gasteiger partial charge in [-0.3, -0.25) is 9.78 Å². The maximum Gasteiger partial charge on any atom is 0.225 e. The maximum atomic E-state index is 12.2. The van der Waals surface area contributed by atoms with E-state index in [-0.39, 0.29) is 5.91 Å². The van der Waals surface area contributed by atoms with Crippen molar-refractivity contribution < 1.29 is 4.79 Å². The lowest BCUT2D eigenvalue weighted by Gasteiger charge is -2.04. The van der Waals surface area contributed by atoms with Gasteiger partial charge < -0.3 is 5.32 Å². The molecule has 0 saturated carbocycles. The number of nitrogens with one attached hydrogen (secondary N) is 1. The molecule has 166 valence electrons. The van der Waals surface area contributed by atoms with Gasteiger partial charge in [0.05, 0.1) is 16.8 Å². The van der Waals surface area contributed by atoms with Crippen LogP contribution in [0.3, 0.4) is 0 Å². The Morgan fingerprint density at radius 1 is 0.794 bits per heavy atom. The second-order valence-electron chi connectivity index (χ2n) is 7.76. The summed E-state index contributed by atoms with van der Waals surface area (Å²) in [7, 11) is 0. The van der Waals surface area contributed by atoms with E-state index in [1.54, 1.807) is 23.7 Å². The van der Waals surface area contributed by atoms with Gasteiger partial charge in [0.15, 0.2) is 5.82 Å². The number of nitrogens with zero attached hydrogens (tertiary/aromatic N) is 3. The monoisotopic (exact) mass is 462 g/mol. The largest absolute Gasteiger partial charge is 0.309 e. The highest BCUT2D eigenvalue weighted by atomic mass is 32.1. The van der Waals surface area contributed by atoms with Crippen molar-refractivity contribution in [3.05, 3.63) is 109 Å². The zero-order valence-corrected chi connectivity index (χ0v) is 19.2. The van der Waals surface area contributed by atoms with E-state index < -0.39 is 0 Å². The van der Waals surface area contributed by atoms with Crippen LogP contribution < -0.4 is 5.32 Å². The molecule has 34 heavy (non-hydrogen) atoms. The summed E-state index contributed by atoms with van der Waals surface area (Å²) in [5.41, 5.74) is 5.43. The second-order valence-corrected chi connectivity index (χ2v) is 8.76.